The third-order valence-corrected chi connectivity index (χ3v) is 2.02. The Balaban J connectivity index is 2.56. The van der Waals surface area contributed by atoms with Crippen LogP contribution in [0.25, 0.3) is 0 Å². The fraction of sp³-hybridized carbons (Fsp3) is 0.500. The lowest BCUT2D eigenvalue weighted by molar-refractivity contribution is 0.0816. The van der Waals surface area contributed by atoms with Gasteiger partial charge in [0.2, 0.25) is 0 Å². The molecule has 4 nitrogen and oxygen atoms in total. The van der Waals surface area contributed by atoms with Crippen molar-refractivity contribution in [1.29, 1.82) is 0 Å². The Kier molecular flexibility index (Phi) is 5.08. The van der Waals surface area contributed by atoms with Gasteiger partial charge in [-0.1, -0.05) is 0 Å². The first-order valence-electron chi connectivity index (χ1n) is 5.33. The number of aliphatic hydroxyl groups is 1. The van der Waals surface area contributed by atoms with E-state index in [1.165, 1.54) is 0 Å². The molecule has 0 saturated heterocycles. The number of nitrogens with one attached hydrogen (secondary N) is 1. The Morgan fingerprint density at radius 1 is 1.19 bits per heavy atom. The van der Waals surface area contributed by atoms with Crippen LogP contribution in [0.1, 0.15) is 13.8 Å². The molecule has 1 aromatic carbocycles. The van der Waals surface area contributed by atoms with E-state index >= 15 is 0 Å². The number of benzene rings is 1. The van der Waals surface area contributed by atoms with Gasteiger partial charge in [-0.3, -0.25) is 5.32 Å². The van der Waals surface area contributed by atoms with Crippen molar-refractivity contribution in [1.82, 2.24) is 5.32 Å². The van der Waals surface area contributed by atoms with Crippen molar-refractivity contribution in [2.45, 2.75) is 26.1 Å². The van der Waals surface area contributed by atoms with Gasteiger partial charge in [0.1, 0.15) is 11.5 Å². The number of ether oxygens (including phenoxy) is 2. The average molecular weight is 225 g/mol. The van der Waals surface area contributed by atoms with Gasteiger partial charge in [-0.2, -0.15) is 0 Å². The summed E-state index contributed by atoms with van der Waals surface area (Å²) in [5, 5.41) is 12.2. The molecule has 90 valence electrons. The molecule has 0 fully saturated rings. The second-order valence-corrected chi connectivity index (χ2v) is 3.79. The Bertz CT molecular complexity index is 298. The molecule has 0 radical (unpaired) electrons. The van der Waals surface area contributed by atoms with Gasteiger partial charge in [0.25, 0.3) is 0 Å². The maximum atomic E-state index is 9.12. The maximum absolute atomic E-state index is 9.12. The molecule has 0 aliphatic rings. The Labute approximate surface area is 96.2 Å². The van der Waals surface area contributed by atoms with Crippen LogP contribution in [0, 0.1) is 0 Å². The van der Waals surface area contributed by atoms with Gasteiger partial charge in [-0.25, -0.2) is 0 Å². The van der Waals surface area contributed by atoms with Crippen LogP contribution in [0.3, 0.4) is 0 Å². The van der Waals surface area contributed by atoms with E-state index in [-0.39, 0.29) is 18.9 Å². The van der Waals surface area contributed by atoms with Crippen LogP contribution < -0.4 is 14.8 Å². The molecule has 0 aliphatic heterocycles. The number of methoxy groups -OCH3 is 1. The molecule has 4 heteroatoms. The molecule has 2 N–H and O–H groups in total. The van der Waals surface area contributed by atoms with E-state index in [0.717, 1.165) is 5.75 Å². The summed E-state index contributed by atoms with van der Waals surface area (Å²) < 4.78 is 10.6. The standard InChI is InChI=1S/C12H19NO3/c1-9(2)13-12(8-14)16-11-6-4-10(15-3)5-7-11/h4-7,9,12-14H,8H2,1-3H3/t12-/m1/s1. The summed E-state index contributed by atoms with van der Waals surface area (Å²) in [6.45, 7) is 3.93. The summed E-state index contributed by atoms with van der Waals surface area (Å²) in [5.74, 6) is 1.48. The van der Waals surface area contributed by atoms with Crippen LogP contribution in [0.5, 0.6) is 11.5 Å². The largest absolute Gasteiger partial charge is 0.497 e. The highest BCUT2D eigenvalue weighted by Gasteiger charge is 2.09. The average Bonchev–Trinajstić information content (AvgIpc) is 2.28. The molecule has 0 spiro atoms. The Morgan fingerprint density at radius 3 is 2.19 bits per heavy atom. The van der Waals surface area contributed by atoms with E-state index in [1.807, 2.05) is 38.1 Å². The molecule has 0 heterocycles. The van der Waals surface area contributed by atoms with Gasteiger partial charge in [0, 0.05) is 6.04 Å². The van der Waals surface area contributed by atoms with Crippen LogP contribution >= 0.6 is 0 Å². The minimum absolute atomic E-state index is 0.0653. The molecule has 1 aromatic rings. The Morgan fingerprint density at radius 2 is 1.75 bits per heavy atom. The van der Waals surface area contributed by atoms with Gasteiger partial charge >= 0.3 is 0 Å². The molecule has 16 heavy (non-hydrogen) atoms. The molecule has 0 bridgehead atoms. The van der Waals surface area contributed by atoms with Crippen molar-refractivity contribution < 1.29 is 14.6 Å². The number of aliphatic hydroxyl groups excluding tert-OH is 1. The highest BCUT2D eigenvalue weighted by atomic mass is 16.5. The van der Waals surface area contributed by atoms with Crippen molar-refractivity contribution in [3.63, 3.8) is 0 Å². The molecule has 1 atom stereocenters. The van der Waals surface area contributed by atoms with Gasteiger partial charge in [0.05, 0.1) is 13.7 Å². The number of hydrogen-bond acceptors (Lipinski definition) is 4. The predicted octanol–water partition coefficient (Wildman–Crippen LogP) is 1.39. The third kappa shape index (κ3) is 4.08. The summed E-state index contributed by atoms with van der Waals surface area (Å²) in [6, 6.07) is 7.51. The molecule has 0 amide bonds. The molecule has 0 aromatic heterocycles. The second kappa shape index (κ2) is 6.35. The predicted molar refractivity (Wildman–Crippen MR) is 62.8 cm³/mol. The monoisotopic (exact) mass is 225 g/mol. The van der Waals surface area contributed by atoms with Crippen molar-refractivity contribution >= 4 is 0 Å². The van der Waals surface area contributed by atoms with E-state index in [0.29, 0.717) is 5.75 Å². The van der Waals surface area contributed by atoms with Gasteiger partial charge in [0.15, 0.2) is 6.23 Å². The first kappa shape index (κ1) is 12.8. The van der Waals surface area contributed by atoms with E-state index in [9.17, 15) is 0 Å². The second-order valence-electron chi connectivity index (χ2n) is 3.79. The molecule has 1 rings (SSSR count). The first-order chi connectivity index (χ1) is 7.65. The van der Waals surface area contributed by atoms with Gasteiger partial charge < -0.3 is 14.6 Å². The van der Waals surface area contributed by atoms with Crippen LogP contribution in [-0.2, 0) is 0 Å². The summed E-state index contributed by atoms with van der Waals surface area (Å²) >= 11 is 0. The zero-order chi connectivity index (χ0) is 12.0. The van der Waals surface area contributed by atoms with Crippen molar-refractivity contribution in [2.75, 3.05) is 13.7 Å². The zero-order valence-corrected chi connectivity index (χ0v) is 9.93. The van der Waals surface area contributed by atoms with E-state index < -0.39 is 0 Å². The lowest BCUT2D eigenvalue weighted by Crippen LogP contribution is -2.41. The molecular formula is C12H19NO3. The summed E-state index contributed by atoms with van der Waals surface area (Å²) in [7, 11) is 1.62. The fourth-order valence-electron chi connectivity index (χ4n) is 1.31. The summed E-state index contributed by atoms with van der Waals surface area (Å²) in [5.41, 5.74) is 0. The first-order valence-corrected chi connectivity index (χ1v) is 5.33. The van der Waals surface area contributed by atoms with Gasteiger partial charge in [-0.15, -0.1) is 0 Å². The normalized spacial score (nSPS) is 12.6. The lowest BCUT2D eigenvalue weighted by atomic mass is 10.3. The third-order valence-electron chi connectivity index (χ3n) is 2.02. The number of hydrogen-bond donors (Lipinski definition) is 2. The minimum Gasteiger partial charge on any atom is -0.497 e. The highest BCUT2D eigenvalue weighted by Crippen LogP contribution is 2.17. The SMILES string of the molecule is COc1ccc(O[C@H](CO)NC(C)C)cc1. The van der Waals surface area contributed by atoms with Crippen molar-refractivity contribution in [3.05, 3.63) is 24.3 Å². The van der Waals surface area contributed by atoms with Crippen LogP contribution in [0.15, 0.2) is 24.3 Å². The lowest BCUT2D eigenvalue weighted by Gasteiger charge is -2.20. The molecule has 0 saturated carbocycles. The summed E-state index contributed by atoms with van der Waals surface area (Å²) in [6.07, 6.45) is -0.381. The van der Waals surface area contributed by atoms with Gasteiger partial charge in [-0.05, 0) is 38.1 Å². The minimum atomic E-state index is -0.381. The molecule has 0 unspecified atom stereocenters. The van der Waals surface area contributed by atoms with Crippen molar-refractivity contribution in [3.8, 4) is 11.5 Å². The fourth-order valence-corrected chi connectivity index (χ4v) is 1.31. The summed E-state index contributed by atoms with van der Waals surface area (Å²) in [4.78, 5) is 0. The molecule has 0 aliphatic carbocycles. The van der Waals surface area contributed by atoms with Crippen LogP contribution in [-0.4, -0.2) is 31.1 Å². The topological polar surface area (TPSA) is 50.7 Å². The van der Waals surface area contributed by atoms with E-state index in [2.05, 4.69) is 5.32 Å². The quantitative estimate of drug-likeness (QED) is 0.718. The van der Waals surface area contributed by atoms with Crippen molar-refractivity contribution in [2.24, 2.45) is 0 Å². The molecular weight excluding hydrogens is 206 g/mol. The van der Waals surface area contributed by atoms with E-state index in [4.69, 9.17) is 14.6 Å². The Hall–Kier alpha value is -1.26. The highest BCUT2D eigenvalue weighted by molar-refractivity contribution is 5.31. The van der Waals surface area contributed by atoms with E-state index in [1.54, 1.807) is 7.11 Å². The number of rotatable bonds is 6. The van der Waals surface area contributed by atoms with Crippen LogP contribution in [0.2, 0.25) is 0 Å². The van der Waals surface area contributed by atoms with Crippen LogP contribution in [0.4, 0.5) is 0 Å². The zero-order valence-electron chi connectivity index (χ0n) is 9.93. The maximum Gasteiger partial charge on any atom is 0.173 e. The smallest absolute Gasteiger partial charge is 0.173 e.